The molecule has 0 aliphatic heterocycles. The number of amides is 2. The molecule has 27 heavy (non-hydrogen) atoms. The van der Waals surface area contributed by atoms with Crippen LogP contribution in [0.5, 0.6) is 5.75 Å². The van der Waals surface area contributed by atoms with E-state index in [0.717, 1.165) is 28.3 Å². The van der Waals surface area contributed by atoms with Crippen molar-refractivity contribution in [1.29, 1.82) is 0 Å². The fraction of sp³-hybridized carbons (Fsp3) is 0.250. The van der Waals surface area contributed by atoms with Gasteiger partial charge >= 0.3 is 6.03 Å². The van der Waals surface area contributed by atoms with Gasteiger partial charge in [0.25, 0.3) is 0 Å². The average molecular weight is 365 g/mol. The molecule has 0 fully saturated rings. The van der Waals surface area contributed by atoms with Crippen molar-refractivity contribution < 1.29 is 9.53 Å². The molecule has 0 radical (unpaired) electrons. The number of methoxy groups -OCH3 is 1. The molecule has 0 atom stereocenters. The summed E-state index contributed by atoms with van der Waals surface area (Å²) in [5, 5.41) is 13.9. The number of hydrogen-bond donors (Lipinski definition) is 2. The third kappa shape index (κ3) is 5.57. The molecule has 0 bridgehead atoms. The number of hydrogen-bond acceptors (Lipinski definition) is 4. The highest BCUT2D eigenvalue weighted by atomic mass is 16.5. The maximum absolute atomic E-state index is 11.9. The van der Waals surface area contributed by atoms with Gasteiger partial charge in [-0.2, -0.15) is 0 Å². The lowest BCUT2D eigenvalue weighted by atomic mass is 10.1. The van der Waals surface area contributed by atoms with Crippen molar-refractivity contribution in [2.45, 2.75) is 19.9 Å². The predicted molar refractivity (Wildman–Crippen MR) is 104 cm³/mol. The molecule has 7 heteroatoms. The molecule has 0 spiro atoms. The van der Waals surface area contributed by atoms with Crippen LogP contribution in [0.1, 0.15) is 16.8 Å². The lowest BCUT2D eigenvalue weighted by Gasteiger charge is -2.07. The van der Waals surface area contributed by atoms with Gasteiger partial charge in [-0.05, 0) is 36.8 Å². The topological polar surface area (TPSA) is 81.1 Å². The molecule has 0 aliphatic rings. The van der Waals surface area contributed by atoms with Crippen molar-refractivity contribution in [2.24, 2.45) is 0 Å². The number of ether oxygens (including phenoxy) is 1. The maximum Gasteiger partial charge on any atom is 0.319 e. The summed E-state index contributed by atoms with van der Waals surface area (Å²) in [6.07, 6.45) is 2.59. The molecule has 7 nitrogen and oxygen atoms in total. The van der Waals surface area contributed by atoms with E-state index < -0.39 is 0 Å². The minimum atomic E-state index is -0.238. The molecule has 2 N–H and O–H groups in total. The number of anilines is 1. The summed E-state index contributed by atoms with van der Waals surface area (Å²) in [7, 11) is 1.65. The van der Waals surface area contributed by atoms with Crippen LogP contribution in [-0.4, -0.2) is 34.7 Å². The van der Waals surface area contributed by atoms with Gasteiger partial charge in [0.1, 0.15) is 5.75 Å². The molecule has 3 aromatic rings. The van der Waals surface area contributed by atoms with Crippen LogP contribution >= 0.6 is 0 Å². The second-order valence-electron chi connectivity index (χ2n) is 6.24. The van der Waals surface area contributed by atoms with Gasteiger partial charge in [0.05, 0.1) is 19.3 Å². The second kappa shape index (κ2) is 8.84. The molecule has 140 valence electrons. The molecule has 0 saturated heterocycles. The summed E-state index contributed by atoms with van der Waals surface area (Å²) in [4.78, 5) is 11.9. The minimum absolute atomic E-state index is 0.238. The molecule has 0 unspecified atom stereocenters. The number of rotatable bonds is 7. The van der Waals surface area contributed by atoms with Crippen LogP contribution in [0.2, 0.25) is 0 Å². The molecule has 0 saturated carbocycles. The molecule has 3 rings (SSSR count). The summed E-state index contributed by atoms with van der Waals surface area (Å²) >= 11 is 0. The van der Waals surface area contributed by atoms with Crippen LogP contribution in [0.15, 0.2) is 54.7 Å². The molecule has 1 heterocycles. The van der Waals surface area contributed by atoms with Gasteiger partial charge in [0, 0.05) is 24.8 Å². The van der Waals surface area contributed by atoms with Crippen molar-refractivity contribution in [2.75, 3.05) is 19.0 Å². The van der Waals surface area contributed by atoms with E-state index in [2.05, 4.69) is 20.9 Å². The number of carbonyl (C=O) groups is 1. The van der Waals surface area contributed by atoms with Crippen LogP contribution in [0.25, 0.3) is 0 Å². The third-order valence-electron chi connectivity index (χ3n) is 4.07. The minimum Gasteiger partial charge on any atom is -0.497 e. The van der Waals surface area contributed by atoms with Crippen LogP contribution in [0.3, 0.4) is 0 Å². The van der Waals surface area contributed by atoms with Gasteiger partial charge in [-0.25, -0.2) is 4.79 Å². The van der Waals surface area contributed by atoms with E-state index in [-0.39, 0.29) is 6.03 Å². The lowest BCUT2D eigenvalue weighted by Crippen LogP contribution is -2.31. The Bertz CT molecular complexity index is 872. The van der Waals surface area contributed by atoms with Crippen LogP contribution < -0.4 is 15.4 Å². The van der Waals surface area contributed by atoms with Gasteiger partial charge < -0.3 is 15.4 Å². The van der Waals surface area contributed by atoms with Crippen molar-refractivity contribution in [3.63, 3.8) is 0 Å². The SMILES string of the molecule is COc1ccc(Cc2cn(CCNC(=O)Nc3ccc(C)cc3)nn2)cc1. The van der Waals surface area contributed by atoms with E-state index in [9.17, 15) is 4.79 Å². The first-order valence-corrected chi connectivity index (χ1v) is 8.76. The van der Waals surface area contributed by atoms with E-state index in [4.69, 9.17) is 4.74 Å². The summed E-state index contributed by atoms with van der Waals surface area (Å²) in [5.41, 5.74) is 3.93. The smallest absolute Gasteiger partial charge is 0.319 e. The normalized spacial score (nSPS) is 10.4. The quantitative estimate of drug-likeness (QED) is 0.674. The summed E-state index contributed by atoms with van der Waals surface area (Å²) in [6, 6.07) is 15.3. The zero-order chi connectivity index (χ0) is 19.1. The Morgan fingerprint density at radius 2 is 1.85 bits per heavy atom. The molecule has 2 amide bonds. The molecule has 2 aromatic carbocycles. The van der Waals surface area contributed by atoms with Crippen molar-refractivity contribution in [3.8, 4) is 5.75 Å². The number of aryl methyl sites for hydroxylation is 1. The highest BCUT2D eigenvalue weighted by Crippen LogP contribution is 2.13. The monoisotopic (exact) mass is 365 g/mol. The van der Waals surface area contributed by atoms with Crippen LogP contribution in [0.4, 0.5) is 10.5 Å². The molecule has 1 aromatic heterocycles. The van der Waals surface area contributed by atoms with Gasteiger partial charge in [-0.1, -0.05) is 35.0 Å². The standard InChI is InChI=1S/C20H23N5O2/c1-15-3-7-17(8-4-15)22-20(26)21-11-12-25-14-18(23-24-25)13-16-5-9-19(27-2)10-6-16/h3-10,14H,11-13H2,1-2H3,(H2,21,22,26). The van der Waals surface area contributed by atoms with Gasteiger partial charge in [-0.15, -0.1) is 5.10 Å². The fourth-order valence-electron chi connectivity index (χ4n) is 2.58. The molecule has 0 aliphatic carbocycles. The average Bonchev–Trinajstić information content (AvgIpc) is 3.11. The largest absolute Gasteiger partial charge is 0.497 e. The first-order chi connectivity index (χ1) is 13.1. The van der Waals surface area contributed by atoms with E-state index >= 15 is 0 Å². The number of carbonyl (C=O) groups excluding carboxylic acids is 1. The van der Waals surface area contributed by atoms with Crippen molar-refractivity contribution in [3.05, 3.63) is 71.5 Å². The van der Waals surface area contributed by atoms with Crippen molar-refractivity contribution >= 4 is 11.7 Å². The zero-order valence-electron chi connectivity index (χ0n) is 15.5. The first kappa shape index (κ1) is 18.4. The maximum atomic E-state index is 11.9. The number of benzene rings is 2. The fourth-order valence-corrected chi connectivity index (χ4v) is 2.58. The highest BCUT2D eigenvalue weighted by Gasteiger charge is 2.05. The van der Waals surface area contributed by atoms with Gasteiger partial charge in [0.15, 0.2) is 0 Å². The lowest BCUT2D eigenvalue weighted by molar-refractivity contribution is 0.251. The van der Waals surface area contributed by atoms with Crippen molar-refractivity contribution in [1.82, 2.24) is 20.3 Å². The van der Waals surface area contributed by atoms with Crippen LogP contribution in [-0.2, 0) is 13.0 Å². The Hall–Kier alpha value is -3.35. The van der Waals surface area contributed by atoms with E-state index in [1.54, 1.807) is 11.8 Å². The Balaban J connectivity index is 1.43. The number of nitrogens with one attached hydrogen (secondary N) is 2. The molecular weight excluding hydrogens is 342 g/mol. The number of nitrogens with zero attached hydrogens (tertiary/aromatic N) is 3. The Morgan fingerprint density at radius 3 is 2.56 bits per heavy atom. The Labute approximate surface area is 158 Å². The Kier molecular flexibility index (Phi) is 6.04. The van der Waals surface area contributed by atoms with E-state index in [1.165, 1.54) is 0 Å². The predicted octanol–water partition coefficient (Wildman–Crippen LogP) is 3.01. The second-order valence-corrected chi connectivity index (χ2v) is 6.24. The van der Waals surface area contributed by atoms with Crippen LogP contribution in [0, 0.1) is 6.92 Å². The number of urea groups is 1. The van der Waals surface area contributed by atoms with E-state index in [0.29, 0.717) is 19.5 Å². The zero-order valence-corrected chi connectivity index (χ0v) is 15.5. The summed E-state index contributed by atoms with van der Waals surface area (Å²) in [5.74, 6) is 0.831. The summed E-state index contributed by atoms with van der Waals surface area (Å²) in [6.45, 7) is 3.02. The van der Waals surface area contributed by atoms with E-state index in [1.807, 2.05) is 61.7 Å². The number of aromatic nitrogens is 3. The Morgan fingerprint density at radius 1 is 1.11 bits per heavy atom. The molecular formula is C20H23N5O2. The van der Waals surface area contributed by atoms with Gasteiger partial charge in [0.2, 0.25) is 0 Å². The first-order valence-electron chi connectivity index (χ1n) is 8.76. The highest BCUT2D eigenvalue weighted by molar-refractivity contribution is 5.89. The third-order valence-corrected chi connectivity index (χ3v) is 4.07. The van der Waals surface area contributed by atoms with Gasteiger partial charge in [-0.3, -0.25) is 4.68 Å². The summed E-state index contributed by atoms with van der Waals surface area (Å²) < 4.78 is 6.89.